The van der Waals surface area contributed by atoms with Crippen molar-refractivity contribution >= 4 is 5.97 Å². The number of alkyl halides is 2. The molecule has 0 spiro atoms. The first-order valence-corrected chi connectivity index (χ1v) is 13.7. The average Bonchev–Trinajstić information content (AvgIpc) is 2.94. The molecule has 3 aromatic rings. The average molecular weight is 541 g/mol. The second kappa shape index (κ2) is 15.9. The van der Waals surface area contributed by atoms with E-state index in [9.17, 15) is 13.6 Å². The van der Waals surface area contributed by atoms with Gasteiger partial charge in [-0.1, -0.05) is 45.2 Å². The monoisotopic (exact) mass is 540 g/mol. The smallest absolute Gasteiger partial charge is 0.346 e. The van der Waals surface area contributed by atoms with Gasteiger partial charge >= 0.3 is 5.97 Å². The first kappa shape index (κ1) is 30.2. The Morgan fingerprint density at radius 3 is 2.13 bits per heavy atom. The van der Waals surface area contributed by atoms with Crippen LogP contribution in [0.4, 0.5) is 8.78 Å². The normalized spacial score (nSPS) is 12.8. The number of benzene rings is 2. The van der Waals surface area contributed by atoms with Gasteiger partial charge in [-0.3, -0.25) is 0 Å². The number of hydrogen-bond acceptors (Lipinski definition) is 6. The molecule has 0 aliphatic carbocycles. The lowest BCUT2D eigenvalue weighted by Gasteiger charge is -2.17. The largest absolute Gasteiger partial charge is 0.491 e. The van der Waals surface area contributed by atoms with Crippen LogP contribution >= 0.6 is 0 Å². The lowest BCUT2D eigenvalue weighted by atomic mass is 10.0. The number of esters is 1. The topological polar surface area (TPSA) is 70.5 Å². The molecular weight excluding hydrogens is 502 g/mol. The molecule has 0 radical (unpaired) electrons. The van der Waals surface area contributed by atoms with Crippen LogP contribution in [0.25, 0.3) is 11.4 Å². The summed E-state index contributed by atoms with van der Waals surface area (Å²) in [7, 11) is 0. The summed E-state index contributed by atoms with van der Waals surface area (Å²) in [6, 6.07) is 13.6. The molecular formula is C31H38F2N2O4. The number of hydrogen-bond donors (Lipinski definition) is 0. The Morgan fingerprint density at radius 1 is 0.872 bits per heavy atom. The minimum Gasteiger partial charge on any atom is -0.491 e. The summed E-state index contributed by atoms with van der Waals surface area (Å²) in [6.07, 6.45) is 6.72. The van der Waals surface area contributed by atoms with Crippen LogP contribution in [-0.4, -0.2) is 41.7 Å². The maximum absolute atomic E-state index is 13.5. The molecule has 3 rings (SSSR count). The summed E-state index contributed by atoms with van der Waals surface area (Å²) in [4.78, 5) is 21.2. The zero-order chi connectivity index (χ0) is 28.0. The third-order valence-electron chi connectivity index (χ3n) is 6.31. The predicted molar refractivity (Wildman–Crippen MR) is 148 cm³/mol. The Morgan fingerprint density at radius 2 is 1.51 bits per heavy atom. The first-order valence-electron chi connectivity index (χ1n) is 13.7. The number of halogens is 2. The van der Waals surface area contributed by atoms with E-state index < -0.39 is 18.3 Å². The van der Waals surface area contributed by atoms with Gasteiger partial charge in [-0.2, -0.15) is 0 Å². The van der Waals surface area contributed by atoms with Gasteiger partial charge in [-0.15, -0.1) is 0 Å². The summed E-state index contributed by atoms with van der Waals surface area (Å²) < 4.78 is 43.8. The van der Waals surface area contributed by atoms with Crippen molar-refractivity contribution in [3.05, 3.63) is 72.1 Å². The van der Waals surface area contributed by atoms with Crippen molar-refractivity contribution in [2.45, 2.75) is 77.7 Å². The van der Waals surface area contributed by atoms with Gasteiger partial charge < -0.3 is 14.2 Å². The summed E-state index contributed by atoms with van der Waals surface area (Å²) in [5, 5.41) is 0. The Bertz CT molecular complexity index is 1120. The Labute approximate surface area is 229 Å². The van der Waals surface area contributed by atoms with Crippen LogP contribution in [0.3, 0.4) is 0 Å². The fraction of sp³-hybridized carbons (Fsp3) is 0.452. The molecule has 0 saturated carbocycles. The number of carbonyl (C=O) groups excluding carboxylic acids is 1. The van der Waals surface area contributed by atoms with E-state index in [2.05, 4.69) is 23.8 Å². The number of aromatic nitrogens is 2. The van der Waals surface area contributed by atoms with Gasteiger partial charge in [0.05, 0.1) is 24.2 Å². The molecule has 0 unspecified atom stereocenters. The van der Waals surface area contributed by atoms with Gasteiger partial charge in [0.2, 0.25) is 6.43 Å². The van der Waals surface area contributed by atoms with Gasteiger partial charge in [-0.25, -0.2) is 23.5 Å². The minimum absolute atomic E-state index is 0.0611. The van der Waals surface area contributed by atoms with Gasteiger partial charge in [0.25, 0.3) is 0 Å². The molecule has 2 atom stereocenters. The summed E-state index contributed by atoms with van der Waals surface area (Å²) in [5.41, 5.74) is 1.40. The Kier molecular flexibility index (Phi) is 12.3. The summed E-state index contributed by atoms with van der Waals surface area (Å²) in [6.45, 7) is 6.66. The number of rotatable bonds is 16. The van der Waals surface area contributed by atoms with Crippen LogP contribution in [0.1, 0.15) is 81.1 Å². The lowest BCUT2D eigenvalue weighted by Crippen LogP contribution is -2.16. The molecule has 0 bridgehead atoms. The van der Waals surface area contributed by atoms with E-state index in [0.29, 0.717) is 18.0 Å². The highest BCUT2D eigenvalue weighted by Gasteiger charge is 2.23. The van der Waals surface area contributed by atoms with Crippen molar-refractivity contribution in [3.8, 4) is 22.9 Å². The number of ether oxygens (including phenoxy) is 3. The molecule has 0 fully saturated rings. The third kappa shape index (κ3) is 9.70. The standard InChI is InChI=1S/C31H38F2N2O4/c1-4-6-8-9-22(3)38-26-16-12-24(13-17-26)30-34-19-25(20-35-30)31(36)39-27-14-10-23(11-15-27)28(29(32)33)21-37-18-7-5-2/h10-17,19-20,22,28-29H,4-9,18,21H2,1-3H3/t22-,28+/m1/s1. The van der Waals surface area contributed by atoms with Crippen LogP contribution < -0.4 is 9.47 Å². The van der Waals surface area contributed by atoms with Crippen LogP contribution in [-0.2, 0) is 4.74 Å². The van der Waals surface area contributed by atoms with E-state index in [1.54, 1.807) is 0 Å². The Hall–Kier alpha value is -3.39. The molecule has 6 nitrogen and oxygen atoms in total. The zero-order valence-electron chi connectivity index (χ0n) is 22.9. The summed E-state index contributed by atoms with van der Waals surface area (Å²) in [5.74, 6) is -0.173. The van der Waals surface area contributed by atoms with E-state index >= 15 is 0 Å². The molecule has 210 valence electrons. The van der Waals surface area contributed by atoms with Crippen molar-refractivity contribution in [1.29, 1.82) is 0 Å². The second-order valence-electron chi connectivity index (χ2n) is 9.57. The quantitative estimate of drug-likeness (QED) is 0.105. The highest BCUT2D eigenvalue weighted by Crippen LogP contribution is 2.26. The molecule has 8 heteroatoms. The molecule has 0 amide bonds. The summed E-state index contributed by atoms with van der Waals surface area (Å²) >= 11 is 0. The highest BCUT2D eigenvalue weighted by molar-refractivity contribution is 5.90. The zero-order valence-corrected chi connectivity index (χ0v) is 22.9. The number of nitrogens with zero attached hydrogens (tertiary/aromatic N) is 2. The van der Waals surface area contributed by atoms with Crippen molar-refractivity contribution < 1.29 is 27.8 Å². The molecule has 0 aliphatic rings. The molecule has 0 N–H and O–H groups in total. The maximum Gasteiger partial charge on any atom is 0.346 e. The van der Waals surface area contributed by atoms with E-state index in [1.807, 2.05) is 31.2 Å². The molecule has 1 heterocycles. The van der Waals surface area contributed by atoms with Crippen molar-refractivity contribution in [1.82, 2.24) is 9.97 Å². The molecule has 1 aromatic heterocycles. The van der Waals surface area contributed by atoms with E-state index in [4.69, 9.17) is 14.2 Å². The van der Waals surface area contributed by atoms with Gasteiger partial charge in [0.1, 0.15) is 11.5 Å². The van der Waals surface area contributed by atoms with Crippen molar-refractivity contribution in [2.75, 3.05) is 13.2 Å². The Balaban J connectivity index is 1.55. The lowest BCUT2D eigenvalue weighted by molar-refractivity contribution is 0.0425. The van der Waals surface area contributed by atoms with Gasteiger partial charge in [0, 0.05) is 24.6 Å². The molecule has 0 aliphatic heterocycles. The van der Waals surface area contributed by atoms with Crippen LogP contribution in [0.2, 0.25) is 0 Å². The second-order valence-corrected chi connectivity index (χ2v) is 9.57. The molecule has 0 saturated heterocycles. The van der Waals surface area contributed by atoms with Crippen molar-refractivity contribution in [3.63, 3.8) is 0 Å². The van der Waals surface area contributed by atoms with E-state index in [-0.39, 0.29) is 24.0 Å². The van der Waals surface area contributed by atoms with Crippen LogP contribution in [0, 0.1) is 0 Å². The highest BCUT2D eigenvalue weighted by atomic mass is 19.3. The number of unbranched alkanes of at least 4 members (excludes halogenated alkanes) is 3. The van der Waals surface area contributed by atoms with Crippen LogP contribution in [0.5, 0.6) is 11.5 Å². The predicted octanol–water partition coefficient (Wildman–Crippen LogP) is 7.88. The first-order chi connectivity index (χ1) is 18.9. The fourth-order valence-electron chi connectivity index (χ4n) is 3.96. The van der Waals surface area contributed by atoms with Crippen LogP contribution in [0.15, 0.2) is 60.9 Å². The SMILES string of the molecule is CCCCC[C@@H](C)Oc1ccc(-c2ncc(C(=O)Oc3ccc([C@H](COCCCC)C(F)F)cc3)cn2)cc1. The molecule has 2 aromatic carbocycles. The van der Waals surface area contributed by atoms with E-state index in [0.717, 1.165) is 37.0 Å². The number of carbonyl (C=O) groups is 1. The van der Waals surface area contributed by atoms with Gasteiger partial charge in [-0.05, 0) is 68.1 Å². The minimum atomic E-state index is -2.56. The maximum atomic E-state index is 13.5. The van der Waals surface area contributed by atoms with E-state index in [1.165, 1.54) is 49.5 Å². The van der Waals surface area contributed by atoms with Crippen molar-refractivity contribution in [2.24, 2.45) is 0 Å². The molecule has 39 heavy (non-hydrogen) atoms. The third-order valence-corrected chi connectivity index (χ3v) is 6.31. The van der Waals surface area contributed by atoms with Gasteiger partial charge in [0.15, 0.2) is 5.82 Å². The fourth-order valence-corrected chi connectivity index (χ4v) is 3.96.